The standard InChI is InChI=1S/C17H12N2O5/c20-14(21)9-19-16(23)12-7-6-11(8-13(12)17(19)24)18-15(22)10-4-2-1-3-5-10/h1-8H,9H2,(H,18,22)(H,20,21). The maximum Gasteiger partial charge on any atom is 0.323 e. The van der Waals surface area contributed by atoms with Crippen LogP contribution in [0.5, 0.6) is 0 Å². The zero-order valence-corrected chi connectivity index (χ0v) is 12.4. The first-order valence-corrected chi connectivity index (χ1v) is 7.06. The summed E-state index contributed by atoms with van der Waals surface area (Å²) in [6.45, 7) is -0.696. The molecular formula is C17H12N2O5. The SMILES string of the molecule is O=C(O)CN1C(=O)c2ccc(NC(=O)c3ccccc3)cc2C1=O. The van der Waals surface area contributed by atoms with Gasteiger partial charge in [0.25, 0.3) is 17.7 Å². The van der Waals surface area contributed by atoms with E-state index in [-0.39, 0.29) is 17.0 Å². The molecule has 0 saturated carbocycles. The average Bonchev–Trinajstić information content (AvgIpc) is 2.80. The van der Waals surface area contributed by atoms with Gasteiger partial charge in [-0.3, -0.25) is 24.1 Å². The van der Waals surface area contributed by atoms with Crippen LogP contribution in [0.4, 0.5) is 5.69 Å². The van der Waals surface area contributed by atoms with Crippen molar-refractivity contribution in [2.45, 2.75) is 0 Å². The topological polar surface area (TPSA) is 104 Å². The normalized spacial score (nSPS) is 12.9. The average molecular weight is 324 g/mol. The van der Waals surface area contributed by atoms with Crippen LogP contribution in [0.2, 0.25) is 0 Å². The molecular weight excluding hydrogens is 312 g/mol. The number of carbonyl (C=O) groups excluding carboxylic acids is 3. The molecule has 120 valence electrons. The molecule has 7 nitrogen and oxygen atoms in total. The number of amides is 3. The Morgan fingerprint density at radius 1 is 0.958 bits per heavy atom. The van der Waals surface area contributed by atoms with Crippen LogP contribution in [0.15, 0.2) is 48.5 Å². The van der Waals surface area contributed by atoms with Gasteiger partial charge in [-0.2, -0.15) is 0 Å². The van der Waals surface area contributed by atoms with Crippen molar-refractivity contribution >= 4 is 29.4 Å². The van der Waals surface area contributed by atoms with Crippen LogP contribution in [0.1, 0.15) is 31.1 Å². The number of nitrogens with one attached hydrogen (secondary N) is 1. The number of nitrogens with zero attached hydrogens (tertiary/aromatic N) is 1. The second-order valence-electron chi connectivity index (χ2n) is 5.17. The Morgan fingerprint density at radius 2 is 1.62 bits per heavy atom. The highest BCUT2D eigenvalue weighted by atomic mass is 16.4. The number of carbonyl (C=O) groups is 4. The van der Waals surface area contributed by atoms with Gasteiger partial charge in [0.1, 0.15) is 6.54 Å². The molecule has 0 aromatic heterocycles. The lowest BCUT2D eigenvalue weighted by molar-refractivity contribution is -0.137. The van der Waals surface area contributed by atoms with Crippen LogP contribution in [0.3, 0.4) is 0 Å². The molecule has 0 saturated heterocycles. The van der Waals surface area contributed by atoms with Crippen LogP contribution in [0.25, 0.3) is 0 Å². The van der Waals surface area contributed by atoms with Gasteiger partial charge in [-0.25, -0.2) is 0 Å². The molecule has 2 aromatic rings. The van der Waals surface area contributed by atoms with Gasteiger partial charge in [0.15, 0.2) is 0 Å². The van der Waals surface area contributed by atoms with Gasteiger partial charge in [0.2, 0.25) is 0 Å². The van der Waals surface area contributed by atoms with Gasteiger partial charge in [0, 0.05) is 11.3 Å². The Hall–Kier alpha value is -3.48. The van der Waals surface area contributed by atoms with E-state index in [9.17, 15) is 19.2 Å². The fourth-order valence-corrected chi connectivity index (χ4v) is 2.44. The molecule has 0 radical (unpaired) electrons. The summed E-state index contributed by atoms with van der Waals surface area (Å²) < 4.78 is 0. The Balaban J connectivity index is 1.85. The van der Waals surface area contributed by atoms with Crippen molar-refractivity contribution in [1.82, 2.24) is 4.90 Å². The molecule has 3 amide bonds. The third kappa shape index (κ3) is 2.74. The van der Waals surface area contributed by atoms with E-state index in [2.05, 4.69) is 5.32 Å². The fraction of sp³-hybridized carbons (Fsp3) is 0.0588. The number of imide groups is 1. The molecule has 0 fully saturated rings. The summed E-state index contributed by atoms with van der Waals surface area (Å²) in [6, 6.07) is 12.8. The van der Waals surface area contributed by atoms with Crippen molar-refractivity contribution in [3.05, 3.63) is 65.2 Å². The summed E-state index contributed by atoms with van der Waals surface area (Å²) in [7, 11) is 0. The number of aliphatic carboxylic acids is 1. The largest absolute Gasteiger partial charge is 0.480 e. The lowest BCUT2D eigenvalue weighted by atomic mass is 10.1. The van der Waals surface area contributed by atoms with Crippen molar-refractivity contribution in [1.29, 1.82) is 0 Å². The van der Waals surface area contributed by atoms with E-state index in [0.717, 1.165) is 0 Å². The number of benzene rings is 2. The number of fused-ring (bicyclic) bond motifs is 1. The minimum atomic E-state index is -1.28. The molecule has 2 aromatic carbocycles. The number of anilines is 1. The van der Waals surface area contributed by atoms with Crippen LogP contribution < -0.4 is 5.32 Å². The van der Waals surface area contributed by atoms with Gasteiger partial charge in [-0.05, 0) is 30.3 Å². The second kappa shape index (κ2) is 5.96. The first-order valence-electron chi connectivity index (χ1n) is 7.06. The van der Waals surface area contributed by atoms with Crippen molar-refractivity contribution in [3.63, 3.8) is 0 Å². The minimum absolute atomic E-state index is 0.0760. The lowest BCUT2D eigenvalue weighted by Gasteiger charge is -2.09. The predicted octanol–water partition coefficient (Wildman–Crippen LogP) is 1.62. The summed E-state index contributed by atoms with van der Waals surface area (Å²) in [5.74, 6) is -2.97. The van der Waals surface area contributed by atoms with E-state index in [1.807, 2.05) is 0 Å². The Kier molecular flexibility index (Phi) is 3.83. The molecule has 7 heteroatoms. The molecule has 0 aliphatic carbocycles. The molecule has 2 N–H and O–H groups in total. The molecule has 3 rings (SSSR count). The van der Waals surface area contributed by atoms with Gasteiger partial charge in [-0.15, -0.1) is 0 Å². The van der Waals surface area contributed by atoms with Crippen LogP contribution in [-0.2, 0) is 4.79 Å². The summed E-state index contributed by atoms with van der Waals surface area (Å²) in [6.07, 6.45) is 0. The van der Waals surface area contributed by atoms with Gasteiger partial charge < -0.3 is 10.4 Å². The maximum absolute atomic E-state index is 12.2. The fourth-order valence-electron chi connectivity index (χ4n) is 2.44. The van der Waals surface area contributed by atoms with E-state index in [1.165, 1.54) is 18.2 Å². The summed E-state index contributed by atoms with van der Waals surface area (Å²) >= 11 is 0. The molecule has 0 unspecified atom stereocenters. The van der Waals surface area contributed by atoms with Crippen molar-refractivity contribution in [3.8, 4) is 0 Å². The molecule has 1 aliphatic heterocycles. The third-order valence-corrected chi connectivity index (χ3v) is 3.56. The van der Waals surface area contributed by atoms with Crippen LogP contribution >= 0.6 is 0 Å². The minimum Gasteiger partial charge on any atom is -0.480 e. The number of hydrogen-bond acceptors (Lipinski definition) is 4. The highest BCUT2D eigenvalue weighted by Crippen LogP contribution is 2.26. The zero-order valence-electron chi connectivity index (χ0n) is 12.4. The number of rotatable bonds is 4. The van der Waals surface area contributed by atoms with Gasteiger partial charge >= 0.3 is 5.97 Å². The van der Waals surface area contributed by atoms with E-state index in [1.54, 1.807) is 30.3 Å². The van der Waals surface area contributed by atoms with Gasteiger partial charge in [-0.1, -0.05) is 18.2 Å². The smallest absolute Gasteiger partial charge is 0.323 e. The zero-order chi connectivity index (χ0) is 17.3. The molecule has 0 bridgehead atoms. The van der Waals surface area contributed by atoms with Crippen molar-refractivity contribution < 1.29 is 24.3 Å². The highest BCUT2D eigenvalue weighted by molar-refractivity contribution is 6.22. The first kappa shape index (κ1) is 15.4. The lowest BCUT2D eigenvalue weighted by Crippen LogP contribution is -2.34. The van der Waals surface area contributed by atoms with Crippen LogP contribution in [-0.4, -0.2) is 40.2 Å². The first-order chi connectivity index (χ1) is 11.5. The van der Waals surface area contributed by atoms with E-state index in [0.29, 0.717) is 16.2 Å². The maximum atomic E-state index is 12.2. The number of carboxylic acid groups (broad SMARTS) is 1. The molecule has 1 heterocycles. The summed E-state index contributed by atoms with van der Waals surface area (Å²) in [4.78, 5) is 47.8. The third-order valence-electron chi connectivity index (χ3n) is 3.56. The predicted molar refractivity (Wildman–Crippen MR) is 83.8 cm³/mol. The molecule has 0 atom stereocenters. The highest BCUT2D eigenvalue weighted by Gasteiger charge is 2.36. The second-order valence-corrected chi connectivity index (χ2v) is 5.17. The summed E-state index contributed by atoms with van der Waals surface area (Å²) in [5, 5.41) is 11.4. The van der Waals surface area contributed by atoms with E-state index < -0.39 is 24.3 Å². The van der Waals surface area contributed by atoms with Crippen LogP contribution in [0, 0.1) is 0 Å². The molecule has 24 heavy (non-hydrogen) atoms. The number of hydrogen-bond donors (Lipinski definition) is 2. The van der Waals surface area contributed by atoms with Gasteiger partial charge in [0.05, 0.1) is 11.1 Å². The Bertz CT molecular complexity index is 861. The Morgan fingerprint density at radius 3 is 2.29 bits per heavy atom. The monoisotopic (exact) mass is 324 g/mol. The van der Waals surface area contributed by atoms with Crippen molar-refractivity contribution in [2.75, 3.05) is 11.9 Å². The molecule has 0 spiro atoms. The van der Waals surface area contributed by atoms with Crippen molar-refractivity contribution in [2.24, 2.45) is 0 Å². The summed E-state index contributed by atoms with van der Waals surface area (Å²) in [5.41, 5.74) is 1.000. The Labute approximate surface area is 136 Å². The number of carboxylic acids is 1. The van der Waals surface area contributed by atoms with E-state index in [4.69, 9.17) is 5.11 Å². The van der Waals surface area contributed by atoms with E-state index >= 15 is 0 Å². The molecule has 1 aliphatic rings. The quantitative estimate of drug-likeness (QED) is 0.832.